The summed E-state index contributed by atoms with van der Waals surface area (Å²) >= 11 is 0. The maximum atomic E-state index is 12.6. The number of hydrogen-bond donors (Lipinski definition) is 0. The lowest BCUT2D eigenvalue weighted by Gasteiger charge is -2.32. The van der Waals surface area contributed by atoms with Gasteiger partial charge in [-0.05, 0) is 78.1 Å². The Morgan fingerprint density at radius 2 is 1.82 bits per heavy atom. The molecule has 0 atom stereocenters. The number of carbonyl (C=O) groups is 1. The molecule has 5 nitrogen and oxygen atoms in total. The van der Waals surface area contributed by atoms with Gasteiger partial charge in [-0.3, -0.25) is 4.90 Å². The fourth-order valence-electron chi connectivity index (χ4n) is 3.89. The number of halogens is 1. The number of anilines is 1. The molecule has 0 bridgehead atoms. The molecule has 0 saturated carbocycles. The first-order valence-corrected chi connectivity index (χ1v) is 10.4. The summed E-state index contributed by atoms with van der Waals surface area (Å²) < 4.78 is 11.7. The van der Waals surface area contributed by atoms with Gasteiger partial charge in [0.1, 0.15) is 11.4 Å². The number of fused-ring (bicyclic) bond motifs is 1. The first kappa shape index (κ1) is 22.8. The van der Waals surface area contributed by atoms with E-state index in [4.69, 9.17) is 9.47 Å². The Morgan fingerprint density at radius 3 is 2.54 bits per heavy atom. The van der Waals surface area contributed by atoms with Gasteiger partial charge in [0.2, 0.25) is 0 Å². The molecule has 0 aromatic heterocycles. The molecule has 3 rings (SSSR count). The Bertz CT molecular complexity index is 639. The van der Waals surface area contributed by atoms with Crippen molar-refractivity contribution in [1.82, 2.24) is 4.90 Å². The Kier molecular flexibility index (Phi) is 8.44. The Balaban J connectivity index is 0.00000280. The molecule has 1 aromatic carbocycles. The highest BCUT2D eigenvalue weighted by Gasteiger charge is 2.28. The molecule has 0 radical (unpaired) electrons. The van der Waals surface area contributed by atoms with Crippen LogP contribution in [-0.2, 0) is 11.2 Å². The van der Waals surface area contributed by atoms with Crippen molar-refractivity contribution in [3.63, 3.8) is 0 Å². The number of rotatable bonds is 5. The van der Waals surface area contributed by atoms with Crippen molar-refractivity contribution in [1.29, 1.82) is 0 Å². The molecule has 2 aliphatic heterocycles. The molecular weight excluding hydrogens is 376 g/mol. The van der Waals surface area contributed by atoms with Crippen LogP contribution >= 0.6 is 12.4 Å². The Hall–Kier alpha value is -1.46. The zero-order valence-corrected chi connectivity index (χ0v) is 18.4. The summed E-state index contributed by atoms with van der Waals surface area (Å²) in [5.41, 5.74) is 1.58. The SMILES string of the molecule is CC(C)(C)OC(=O)N1CCCc2c(OCCCN3CCCCC3)cccc21.Cl. The summed E-state index contributed by atoms with van der Waals surface area (Å²) in [4.78, 5) is 16.9. The molecular formula is C22H35ClN2O3. The monoisotopic (exact) mass is 410 g/mol. The summed E-state index contributed by atoms with van der Waals surface area (Å²) in [5.74, 6) is 0.916. The van der Waals surface area contributed by atoms with Gasteiger partial charge in [-0.25, -0.2) is 4.79 Å². The van der Waals surface area contributed by atoms with Crippen LogP contribution in [0.5, 0.6) is 5.75 Å². The van der Waals surface area contributed by atoms with Crippen LogP contribution < -0.4 is 9.64 Å². The lowest BCUT2D eigenvalue weighted by Crippen LogP contribution is -2.39. The fraction of sp³-hybridized carbons (Fsp3) is 0.682. The Morgan fingerprint density at radius 1 is 1.07 bits per heavy atom. The number of likely N-dealkylation sites (tertiary alicyclic amines) is 1. The van der Waals surface area contributed by atoms with Gasteiger partial charge in [-0.2, -0.15) is 0 Å². The van der Waals surface area contributed by atoms with Gasteiger partial charge in [0.05, 0.1) is 12.3 Å². The van der Waals surface area contributed by atoms with Crippen molar-refractivity contribution < 1.29 is 14.3 Å². The third-order valence-corrected chi connectivity index (χ3v) is 5.15. The van der Waals surface area contributed by atoms with Gasteiger partial charge >= 0.3 is 6.09 Å². The van der Waals surface area contributed by atoms with Crippen molar-refractivity contribution in [2.75, 3.05) is 37.7 Å². The molecule has 0 N–H and O–H groups in total. The summed E-state index contributed by atoms with van der Waals surface area (Å²) in [5, 5.41) is 0. The average molecular weight is 411 g/mol. The minimum Gasteiger partial charge on any atom is -0.493 e. The van der Waals surface area contributed by atoms with E-state index < -0.39 is 5.60 Å². The van der Waals surface area contributed by atoms with Crippen LogP contribution in [0, 0.1) is 0 Å². The number of benzene rings is 1. The van der Waals surface area contributed by atoms with E-state index in [-0.39, 0.29) is 18.5 Å². The molecule has 28 heavy (non-hydrogen) atoms. The van der Waals surface area contributed by atoms with E-state index in [1.807, 2.05) is 39.0 Å². The second-order valence-electron chi connectivity index (χ2n) is 8.59. The van der Waals surface area contributed by atoms with Crippen LogP contribution in [0.15, 0.2) is 18.2 Å². The maximum Gasteiger partial charge on any atom is 0.414 e. The number of amides is 1. The van der Waals surface area contributed by atoms with Crippen LogP contribution in [0.2, 0.25) is 0 Å². The van der Waals surface area contributed by atoms with E-state index >= 15 is 0 Å². The van der Waals surface area contributed by atoms with Crippen molar-refractivity contribution in [2.45, 2.75) is 64.9 Å². The Labute approximate surface area is 175 Å². The molecule has 0 unspecified atom stereocenters. The second-order valence-corrected chi connectivity index (χ2v) is 8.59. The smallest absolute Gasteiger partial charge is 0.414 e. The second kappa shape index (κ2) is 10.4. The summed E-state index contributed by atoms with van der Waals surface area (Å²) in [6.07, 6.45) is 6.67. The topological polar surface area (TPSA) is 42.0 Å². The van der Waals surface area contributed by atoms with Crippen molar-refractivity contribution in [2.24, 2.45) is 0 Å². The number of hydrogen-bond acceptors (Lipinski definition) is 4. The third kappa shape index (κ3) is 6.28. The van der Waals surface area contributed by atoms with Gasteiger partial charge in [0, 0.05) is 18.7 Å². The van der Waals surface area contributed by atoms with Crippen LogP contribution in [0.25, 0.3) is 0 Å². The normalized spacial score (nSPS) is 17.5. The number of piperidine rings is 1. The summed E-state index contributed by atoms with van der Waals surface area (Å²) in [6, 6.07) is 6.00. The largest absolute Gasteiger partial charge is 0.493 e. The number of carbonyl (C=O) groups excluding carboxylic acids is 1. The third-order valence-electron chi connectivity index (χ3n) is 5.15. The van der Waals surface area contributed by atoms with E-state index in [2.05, 4.69) is 4.90 Å². The average Bonchev–Trinajstić information content (AvgIpc) is 2.64. The molecule has 0 spiro atoms. The number of ether oxygens (including phenoxy) is 2. The van der Waals surface area contributed by atoms with Crippen LogP contribution in [-0.4, -0.2) is 49.4 Å². The van der Waals surface area contributed by atoms with Crippen LogP contribution in [0.4, 0.5) is 10.5 Å². The van der Waals surface area contributed by atoms with E-state index in [0.29, 0.717) is 6.54 Å². The van der Waals surface area contributed by atoms with Gasteiger partial charge in [-0.15, -0.1) is 12.4 Å². The fourth-order valence-corrected chi connectivity index (χ4v) is 3.89. The predicted molar refractivity (Wildman–Crippen MR) is 116 cm³/mol. The minimum atomic E-state index is -0.489. The first-order chi connectivity index (χ1) is 12.9. The van der Waals surface area contributed by atoms with Gasteiger partial charge in [0.25, 0.3) is 0 Å². The lowest BCUT2D eigenvalue weighted by molar-refractivity contribution is 0.0577. The summed E-state index contributed by atoms with van der Waals surface area (Å²) in [6.45, 7) is 10.7. The van der Waals surface area contributed by atoms with Gasteiger partial charge in [-0.1, -0.05) is 12.5 Å². The highest BCUT2D eigenvalue weighted by molar-refractivity contribution is 5.90. The lowest BCUT2D eigenvalue weighted by atomic mass is 10.0. The molecule has 1 aromatic rings. The van der Waals surface area contributed by atoms with Crippen LogP contribution in [0.3, 0.4) is 0 Å². The summed E-state index contributed by atoms with van der Waals surface area (Å²) in [7, 11) is 0. The van der Waals surface area contributed by atoms with Crippen molar-refractivity contribution in [3.8, 4) is 5.75 Å². The molecule has 158 valence electrons. The number of nitrogens with zero attached hydrogens (tertiary/aromatic N) is 2. The first-order valence-electron chi connectivity index (χ1n) is 10.4. The molecule has 1 fully saturated rings. The zero-order valence-electron chi connectivity index (χ0n) is 17.5. The highest BCUT2D eigenvalue weighted by atomic mass is 35.5. The van der Waals surface area contributed by atoms with E-state index in [9.17, 15) is 4.79 Å². The molecule has 1 amide bonds. The van der Waals surface area contributed by atoms with Crippen molar-refractivity contribution in [3.05, 3.63) is 23.8 Å². The van der Waals surface area contributed by atoms with Gasteiger partial charge in [0.15, 0.2) is 0 Å². The standard InChI is InChI=1S/C22H34N2O3.ClH/c1-22(2,3)27-21(25)24-16-8-10-18-19(24)11-7-12-20(18)26-17-9-15-23-13-5-4-6-14-23;/h7,11-12H,4-6,8-10,13-17H2,1-3H3;1H. The minimum absolute atomic E-state index is 0. The molecule has 0 aliphatic carbocycles. The zero-order chi connectivity index (χ0) is 19.3. The quantitative estimate of drug-likeness (QED) is 0.637. The van der Waals surface area contributed by atoms with Gasteiger partial charge < -0.3 is 14.4 Å². The predicted octanol–water partition coefficient (Wildman–Crippen LogP) is 5.05. The van der Waals surface area contributed by atoms with E-state index in [0.717, 1.165) is 49.4 Å². The van der Waals surface area contributed by atoms with E-state index in [1.165, 1.54) is 32.4 Å². The maximum absolute atomic E-state index is 12.6. The highest BCUT2D eigenvalue weighted by Crippen LogP contribution is 2.35. The van der Waals surface area contributed by atoms with E-state index in [1.54, 1.807) is 4.90 Å². The molecule has 2 aliphatic rings. The molecule has 1 saturated heterocycles. The van der Waals surface area contributed by atoms with Crippen molar-refractivity contribution >= 4 is 24.2 Å². The molecule has 6 heteroatoms. The van der Waals surface area contributed by atoms with Crippen LogP contribution in [0.1, 0.15) is 58.4 Å². The molecule has 2 heterocycles.